The minimum absolute atomic E-state index is 0.188. The van der Waals surface area contributed by atoms with Crippen LogP contribution in [-0.2, 0) is 17.5 Å². The van der Waals surface area contributed by atoms with E-state index in [9.17, 15) is 23.1 Å². The predicted octanol–water partition coefficient (Wildman–Crippen LogP) is 3.07. The van der Waals surface area contributed by atoms with Crippen LogP contribution in [0.15, 0.2) is 24.3 Å². The molecule has 0 amide bonds. The van der Waals surface area contributed by atoms with Gasteiger partial charge in [-0.2, -0.15) is 13.2 Å². The molecule has 1 saturated heterocycles. The number of carbonyl (C=O) groups is 1. The van der Waals surface area contributed by atoms with Gasteiger partial charge in [0.25, 0.3) is 0 Å². The van der Waals surface area contributed by atoms with E-state index in [4.69, 9.17) is 13.6 Å². The molecule has 0 saturated carbocycles. The average molecular weight is 368 g/mol. The summed E-state index contributed by atoms with van der Waals surface area (Å²) in [4.78, 5) is 13.8. The van der Waals surface area contributed by atoms with Crippen molar-refractivity contribution in [2.75, 3.05) is 13.1 Å². The molecule has 2 atom stereocenters. The van der Waals surface area contributed by atoms with E-state index in [1.165, 1.54) is 12.1 Å². The number of aliphatic carboxylic acids is 1. The molecule has 8 heteroatoms. The maximum absolute atomic E-state index is 12.6. The number of hydrogen-bond acceptors (Lipinski definition) is 3. The Hall–Kier alpha value is -1.54. The van der Waals surface area contributed by atoms with Crippen LogP contribution >= 0.6 is 0 Å². The molecule has 1 unspecified atom stereocenters. The third-order valence-corrected chi connectivity index (χ3v) is 5.13. The predicted molar refractivity (Wildman–Crippen MR) is 93.8 cm³/mol. The maximum atomic E-state index is 12.6. The van der Waals surface area contributed by atoms with Crippen molar-refractivity contribution in [1.29, 1.82) is 0 Å². The first-order valence-electron chi connectivity index (χ1n) is 8.77. The van der Waals surface area contributed by atoms with Crippen molar-refractivity contribution in [1.82, 2.24) is 4.90 Å². The standard InChI is InChI=1S/C18H24BF3N2O2/c19-9-2-1-8-17(23,16(25)26)15-7-10-24(12-15)11-13-3-5-14(6-4-13)18(20,21)22/h3-6,15H,1-2,7-12,23H2,(H,25,26)/t15-,17?/m1/s1. The Morgan fingerprint density at radius 1 is 1.27 bits per heavy atom. The first-order chi connectivity index (χ1) is 12.2. The highest BCUT2D eigenvalue weighted by atomic mass is 19.4. The SMILES string of the molecule is [B]CCCCC(N)(C(=O)O)[C@@H]1CCN(Cc2ccc(C(F)(F)F)cc2)C1. The molecule has 0 aliphatic carbocycles. The van der Waals surface area contributed by atoms with Crippen molar-refractivity contribution in [2.45, 2.75) is 50.3 Å². The summed E-state index contributed by atoms with van der Waals surface area (Å²) in [5.41, 5.74) is 5.02. The molecule has 0 bridgehead atoms. The zero-order valence-electron chi connectivity index (χ0n) is 14.6. The van der Waals surface area contributed by atoms with Crippen molar-refractivity contribution in [3.05, 3.63) is 35.4 Å². The molecule has 1 aliphatic heterocycles. The lowest BCUT2D eigenvalue weighted by atomic mass is 9.79. The first-order valence-corrected chi connectivity index (χ1v) is 8.77. The number of unbranched alkanes of at least 4 members (excludes halogenated alkanes) is 1. The number of nitrogens with zero attached hydrogens (tertiary/aromatic N) is 1. The monoisotopic (exact) mass is 368 g/mol. The lowest BCUT2D eigenvalue weighted by molar-refractivity contribution is -0.146. The van der Waals surface area contributed by atoms with Crippen molar-refractivity contribution >= 4 is 13.8 Å². The second-order valence-electron chi connectivity index (χ2n) is 7.01. The number of likely N-dealkylation sites (tertiary alicyclic amines) is 1. The van der Waals surface area contributed by atoms with Crippen molar-refractivity contribution in [3.8, 4) is 0 Å². The molecule has 0 spiro atoms. The van der Waals surface area contributed by atoms with Gasteiger partial charge in [-0.05, 0) is 37.1 Å². The van der Waals surface area contributed by atoms with Crippen LogP contribution in [0.2, 0.25) is 6.32 Å². The number of rotatable bonds is 8. The van der Waals surface area contributed by atoms with Gasteiger partial charge in [0.05, 0.1) is 13.4 Å². The van der Waals surface area contributed by atoms with Crippen LogP contribution in [0.5, 0.6) is 0 Å². The zero-order valence-corrected chi connectivity index (χ0v) is 14.6. The molecule has 2 rings (SSSR count). The maximum Gasteiger partial charge on any atom is 0.416 e. The molecule has 3 N–H and O–H groups in total. The molecule has 1 aliphatic rings. The first kappa shape index (κ1) is 20.8. The molecule has 1 aromatic carbocycles. The van der Waals surface area contributed by atoms with Crippen LogP contribution < -0.4 is 5.73 Å². The number of benzene rings is 1. The summed E-state index contributed by atoms with van der Waals surface area (Å²) in [6.45, 7) is 1.67. The van der Waals surface area contributed by atoms with Crippen LogP contribution in [0.25, 0.3) is 0 Å². The topological polar surface area (TPSA) is 66.6 Å². The van der Waals surface area contributed by atoms with Crippen LogP contribution in [0.4, 0.5) is 13.2 Å². The van der Waals surface area contributed by atoms with Gasteiger partial charge in [0.1, 0.15) is 5.54 Å². The number of carboxylic acid groups (broad SMARTS) is 1. The van der Waals surface area contributed by atoms with Gasteiger partial charge in [-0.25, -0.2) is 0 Å². The molecule has 142 valence electrons. The summed E-state index contributed by atoms with van der Waals surface area (Å²) in [7, 11) is 5.47. The van der Waals surface area contributed by atoms with Crippen LogP contribution in [-0.4, -0.2) is 42.5 Å². The van der Waals surface area contributed by atoms with E-state index < -0.39 is 23.2 Å². The van der Waals surface area contributed by atoms with Gasteiger partial charge in [-0.1, -0.05) is 31.3 Å². The number of halogens is 3. The summed E-state index contributed by atoms with van der Waals surface area (Å²) in [5.74, 6) is -1.19. The Bertz CT molecular complexity index is 609. The van der Waals surface area contributed by atoms with Gasteiger partial charge >= 0.3 is 12.1 Å². The molecule has 4 nitrogen and oxygen atoms in total. The normalized spacial score (nSPS) is 20.8. The van der Waals surface area contributed by atoms with Gasteiger partial charge in [0, 0.05) is 19.0 Å². The minimum Gasteiger partial charge on any atom is -0.480 e. The van der Waals surface area contributed by atoms with E-state index in [1.807, 2.05) is 4.90 Å². The van der Waals surface area contributed by atoms with Gasteiger partial charge in [-0.15, -0.1) is 0 Å². The van der Waals surface area contributed by atoms with Crippen LogP contribution in [0, 0.1) is 5.92 Å². The zero-order chi connectivity index (χ0) is 19.4. The summed E-state index contributed by atoms with van der Waals surface area (Å²) < 4.78 is 37.9. The highest BCUT2D eigenvalue weighted by Crippen LogP contribution is 2.32. The number of alkyl halides is 3. The largest absolute Gasteiger partial charge is 0.480 e. The fourth-order valence-corrected chi connectivity index (χ4v) is 3.50. The Morgan fingerprint density at radius 3 is 2.46 bits per heavy atom. The lowest BCUT2D eigenvalue weighted by Crippen LogP contribution is -2.55. The Labute approximate surface area is 153 Å². The fourth-order valence-electron chi connectivity index (χ4n) is 3.50. The molecular formula is C18H24BF3N2O2. The Kier molecular flexibility index (Phi) is 6.74. The second-order valence-corrected chi connectivity index (χ2v) is 7.01. The second kappa shape index (κ2) is 8.44. The average Bonchev–Trinajstić information content (AvgIpc) is 3.03. The third-order valence-electron chi connectivity index (χ3n) is 5.13. The quantitative estimate of drug-likeness (QED) is 0.547. The Morgan fingerprint density at radius 2 is 1.92 bits per heavy atom. The van der Waals surface area contributed by atoms with Crippen molar-refractivity contribution < 1.29 is 23.1 Å². The highest BCUT2D eigenvalue weighted by molar-refractivity contribution is 6.08. The lowest BCUT2D eigenvalue weighted by Gasteiger charge is -2.31. The van der Waals surface area contributed by atoms with E-state index in [2.05, 4.69) is 0 Å². The van der Waals surface area contributed by atoms with Crippen molar-refractivity contribution in [3.63, 3.8) is 0 Å². The van der Waals surface area contributed by atoms with Crippen LogP contribution in [0.3, 0.4) is 0 Å². The molecular weight excluding hydrogens is 344 g/mol. The van der Waals surface area contributed by atoms with E-state index in [-0.39, 0.29) is 5.92 Å². The molecule has 26 heavy (non-hydrogen) atoms. The summed E-state index contributed by atoms with van der Waals surface area (Å²) in [5, 5.41) is 9.59. The van der Waals surface area contributed by atoms with E-state index in [0.29, 0.717) is 45.2 Å². The number of nitrogens with two attached hydrogens (primary N) is 1. The highest BCUT2D eigenvalue weighted by Gasteiger charge is 2.44. The molecule has 1 aromatic rings. The Balaban J connectivity index is 1.97. The molecule has 1 fully saturated rings. The molecule has 0 aromatic heterocycles. The number of hydrogen-bond donors (Lipinski definition) is 2. The smallest absolute Gasteiger partial charge is 0.416 e. The van der Waals surface area contributed by atoms with Crippen LogP contribution in [0.1, 0.15) is 36.8 Å². The summed E-state index contributed by atoms with van der Waals surface area (Å²) in [6, 6.07) is 5.06. The minimum atomic E-state index is -4.35. The number of carboxylic acids is 1. The summed E-state index contributed by atoms with van der Waals surface area (Å²) >= 11 is 0. The van der Waals surface area contributed by atoms with E-state index >= 15 is 0 Å². The third kappa shape index (κ3) is 5.01. The van der Waals surface area contributed by atoms with E-state index in [1.54, 1.807) is 0 Å². The molecule has 1 heterocycles. The fraction of sp³-hybridized carbons (Fsp3) is 0.611. The van der Waals surface area contributed by atoms with Gasteiger partial charge < -0.3 is 10.8 Å². The summed E-state index contributed by atoms with van der Waals surface area (Å²) in [6.07, 6.45) is -1.42. The van der Waals surface area contributed by atoms with Gasteiger partial charge in [0.15, 0.2) is 0 Å². The molecule has 2 radical (unpaired) electrons. The van der Waals surface area contributed by atoms with E-state index in [0.717, 1.165) is 24.1 Å². The van der Waals surface area contributed by atoms with Gasteiger partial charge in [-0.3, -0.25) is 9.69 Å². The van der Waals surface area contributed by atoms with Gasteiger partial charge in [0.2, 0.25) is 0 Å². The van der Waals surface area contributed by atoms with Crippen molar-refractivity contribution in [2.24, 2.45) is 11.7 Å².